The summed E-state index contributed by atoms with van der Waals surface area (Å²) in [5.74, 6) is 0. The van der Waals surface area contributed by atoms with Gasteiger partial charge in [0.05, 0.1) is 5.69 Å². The van der Waals surface area contributed by atoms with Gasteiger partial charge in [0, 0.05) is 0 Å². The lowest BCUT2D eigenvalue weighted by Gasteiger charge is -2.01. The molecule has 0 saturated carbocycles. The van der Waals surface area contributed by atoms with Crippen molar-refractivity contribution in [1.82, 2.24) is 0 Å². The monoisotopic (exact) mass is 218 g/mol. The van der Waals surface area contributed by atoms with E-state index in [1.807, 2.05) is 0 Å². The molecule has 0 fully saturated rings. The van der Waals surface area contributed by atoms with Gasteiger partial charge in [0.15, 0.2) is 0 Å². The average Bonchev–Trinajstić information content (AvgIpc) is 2.05. The first kappa shape index (κ1) is 12.9. The zero-order valence-electron chi connectivity index (χ0n) is 8.06. The number of nitrogen functional groups attached to an aromatic ring is 1. The van der Waals surface area contributed by atoms with Gasteiger partial charge in [-0.1, -0.05) is 6.07 Å². The van der Waals surface area contributed by atoms with Crippen LogP contribution in [0, 0.1) is 6.92 Å². The second-order valence-electron chi connectivity index (χ2n) is 2.52. The third-order valence-electron chi connectivity index (χ3n) is 1.44. The smallest absolute Gasteiger partial charge is 0.296 e. The summed E-state index contributed by atoms with van der Waals surface area (Å²) in [6.07, 6.45) is 0. The van der Waals surface area contributed by atoms with Crippen LogP contribution in [0.4, 0.5) is 5.69 Å². The maximum atomic E-state index is 10.6. The molecule has 0 atom stereocenters. The number of anilines is 1. The van der Waals surface area contributed by atoms with Crippen molar-refractivity contribution < 1.29 is 13.0 Å². The van der Waals surface area contributed by atoms with Crippen LogP contribution in [0.5, 0.6) is 0 Å². The predicted molar refractivity (Wildman–Crippen MR) is 55.5 cm³/mol. The van der Waals surface area contributed by atoms with Crippen LogP contribution in [0.1, 0.15) is 5.56 Å². The molecule has 5 N–H and O–H groups in total. The normalized spacial score (nSPS) is 10.3. The van der Waals surface area contributed by atoms with Crippen LogP contribution in [-0.4, -0.2) is 20.0 Å². The van der Waals surface area contributed by atoms with E-state index in [1.54, 1.807) is 13.0 Å². The highest BCUT2D eigenvalue weighted by molar-refractivity contribution is 7.86. The Morgan fingerprint density at radius 1 is 1.29 bits per heavy atom. The Balaban J connectivity index is 0.000000791. The molecule has 5 nitrogen and oxygen atoms in total. The van der Waals surface area contributed by atoms with Gasteiger partial charge in [-0.05, 0) is 31.7 Å². The fourth-order valence-electron chi connectivity index (χ4n) is 0.903. The first-order valence-corrected chi connectivity index (χ1v) is 5.26. The van der Waals surface area contributed by atoms with Gasteiger partial charge in [-0.15, -0.1) is 0 Å². The largest absolute Gasteiger partial charge is 0.398 e. The standard InChI is InChI=1S/C7H9NO3S.CH5N/c1-5-2-3-7(6(8)4-5)12(9,10)11;1-2/h2-4H,8H2,1H3,(H,9,10,11);2H2,1H3. The minimum absolute atomic E-state index is 0.0671. The number of benzene rings is 1. The van der Waals surface area contributed by atoms with Gasteiger partial charge >= 0.3 is 0 Å². The van der Waals surface area contributed by atoms with E-state index in [2.05, 4.69) is 5.73 Å². The van der Waals surface area contributed by atoms with Gasteiger partial charge < -0.3 is 11.5 Å². The summed E-state index contributed by atoms with van der Waals surface area (Å²) in [6, 6.07) is 4.34. The van der Waals surface area contributed by atoms with Crippen LogP contribution >= 0.6 is 0 Å². The lowest BCUT2D eigenvalue weighted by molar-refractivity contribution is 0.483. The summed E-state index contributed by atoms with van der Waals surface area (Å²) in [5.41, 5.74) is 10.8. The number of nitrogens with two attached hydrogens (primary N) is 2. The van der Waals surface area contributed by atoms with Crippen LogP contribution in [-0.2, 0) is 10.1 Å². The predicted octanol–water partition coefficient (Wildman–Crippen LogP) is 0.399. The van der Waals surface area contributed by atoms with Crippen molar-refractivity contribution in [1.29, 1.82) is 0 Å². The van der Waals surface area contributed by atoms with E-state index in [0.717, 1.165) is 5.56 Å². The highest BCUT2D eigenvalue weighted by Crippen LogP contribution is 2.18. The number of hydrogen-bond acceptors (Lipinski definition) is 4. The van der Waals surface area contributed by atoms with Gasteiger partial charge in [0.2, 0.25) is 0 Å². The Hall–Kier alpha value is -1.11. The molecular formula is C8H14N2O3S. The molecule has 1 aromatic carbocycles. The molecule has 80 valence electrons. The van der Waals surface area contributed by atoms with Crippen LogP contribution in [0.15, 0.2) is 23.1 Å². The summed E-state index contributed by atoms with van der Waals surface area (Å²) in [5, 5.41) is 0. The fourth-order valence-corrected chi connectivity index (χ4v) is 1.50. The van der Waals surface area contributed by atoms with Gasteiger partial charge in [-0.25, -0.2) is 0 Å². The van der Waals surface area contributed by atoms with Crippen LogP contribution < -0.4 is 11.5 Å². The van der Waals surface area contributed by atoms with Crippen LogP contribution in [0.3, 0.4) is 0 Å². The second kappa shape index (κ2) is 4.94. The highest BCUT2D eigenvalue weighted by atomic mass is 32.2. The Morgan fingerprint density at radius 3 is 2.14 bits per heavy atom. The number of rotatable bonds is 1. The Labute approximate surface area is 83.5 Å². The number of hydrogen-bond donors (Lipinski definition) is 3. The van der Waals surface area contributed by atoms with Crippen molar-refractivity contribution in [3.63, 3.8) is 0 Å². The van der Waals surface area contributed by atoms with E-state index in [4.69, 9.17) is 10.3 Å². The molecule has 0 aliphatic carbocycles. The SMILES string of the molecule is CN.Cc1ccc(S(=O)(=O)O)c(N)c1. The Kier molecular flexibility index (Phi) is 4.55. The molecule has 1 rings (SSSR count). The maximum Gasteiger partial charge on any atom is 0.296 e. The van der Waals surface area contributed by atoms with Gasteiger partial charge in [-0.3, -0.25) is 4.55 Å². The molecule has 14 heavy (non-hydrogen) atoms. The summed E-state index contributed by atoms with van der Waals surface area (Å²) in [6.45, 7) is 1.78. The van der Waals surface area contributed by atoms with E-state index >= 15 is 0 Å². The van der Waals surface area contributed by atoms with E-state index < -0.39 is 10.1 Å². The quantitative estimate of drug-likeness (QED) is 0.467. The topological polar surface area (TPSA) is 106 Å². The zero-order chi connectivity index (χ0) is 11.4. The molecule has 0 bridgehead atoms. The lowest BCUT2D eigenvalue weighted by Crippen LogP contribution is -2.02. The molecule has 0 heterocycles. The summed E-state index contributed by atoms with van der Waals surface area (Å²) in [4.78, 5) is -0.242. The second-order valence-corrected chi connectivity index (χ2v) is 3.91. The molecule has 1 aromatic rings. The molecule has 0 saturated heterocycles. The Bertz CT molecular complexity index is 401. The molecule has 0 spiro atoms. The van der Waals surface area contributed by atoms with Crippen molar-refractivity contribution in [3.8, 4) is 0 Å². The van der Waals surface area contributed by atoms with Crippen molar-refractivity contribution >= 4 is 15.8 Å². The molecule has 0 aliphatic heterocycles. The van der Waals surface area contributed by atoms with E-state index in [0.29, 0.717) is 0 Å². The van der Waals surface area contributed by atoms with Crippen LogP contribution in [0.25, 0.3) is 0 Å². The van der Waals surface area contributed by atoms with E-state index in [9.17, 15) is 8.42 Å². The van der Waals surface area contributed by atoms with Crippen LogP contribution in [0.2, 0.25) is 0 Å². The average molecular weight is 218 g/mol. The first-order chi connectivity index (χ1) is 6.41. The highest BCUT2D eigenvalue weighted by Gasteiger charge is 2.12. The van der Waals surface area contributed by atoms with Crippen molar-refractivity contribution in [2.75, 3.05) is 12.8 Å². The molecule has 0 unspecified atom stereocenters. The van der Waals surface area contributed by atoms with Crippen molar-refractivity contribution in [2.45, 2.75) is 11.8 Å². The number of aryl methyl sites for hydroxylation is 1. The molecule has 6 heteroatoms. The van der Waals surface area contributed by atoms with E-state index in [-0.39, 0.29) is 10.6 Å². The minimum atomic E-state index is -4.18. The molecule has 0 aliphatic rings. The van der Waals surface area contributed by atoms with Gasteiger partial charge in [0.1, 0.15) is 4.90 Å². The molecule has 0 radical (unpaired) electrons. The van der Waals surface area contributed by atoms with Gasteiger partial charge in [-0.2, -0.15) is 8.42 Å². The maximum absolute atomic E-state index is 10.6. The van der Waals surface area contributed by atoms with Crippen molar-refractivity contribution in [2.24, 2.45) is 5.73 Å². The zero-order valence-corrected chi connectivity index (χ0v) is 8.88. The third kappa shape index (κ3) is 3.33. The third-order valence-corrected chi connectivity index (χ3v) is 2.37. The minimum Gasteiger partial charge on any atom is -0.398 e. The molecule has 0 amide bonds. The van der Waals surface area contributed by atoms with E-state index in [1.165, 1.54) is 19.2 Å². The summed E-state index contributed by atoms with van der Waals surface area (Å²) < 4.78 is 29.9. The lowest BCUT2D eigenvalue weighted by atomic mass is 10.2. The summed E-state index contributed by atoms with van der Waals surface area (Å²) >= 11 is 0. The first-order valence-electron chi connectivity index (χ1n) is 3.82. The molecular weight excluding hydrogens is 204 g/mol. The molecule has 0 aromatic heterocycles. The summed E-state index contributed by atoms with van der Waals surface area (Å²) in [7, 11) is -2.68. The Morgan fingerprint density at radius 2 is 1.79 bits per heavy atom. The van der Waals surface area contributed by atoms with Gasteiger partial charge in [0.25, 0.3) is 10.1 Å². The fraction of sp³-hybridized carbons (Fsp3) is 0.250. The van der Waals surface area contributed by atoms with Crippen molar-refractivity contribution in [3.05, 3.63) is 23.8 Å².